The predicted octanol–water partition coefficient (Wildman–Crippen LogP) is 5.44. The predicted molar refractivity (Wildman–Crippen MR) is 90.0 cm³/mol. The quantitative estimate of drug-likeness (QED) is 0.657. The van der Waals surface area contributed by atoms with E-state index in [1.54, 1.807) is 12.7 Å². The smallest absolute Gasteiger partial charge is 0.119 e. The zero-order valence-corrected chi connectivity index (χ0v) is 14.4. The number of benzene rings is 1. The first-order valence-corrected chi connectivity index (χ1v) is 8.94. The van der Waals surface area contributed by atoms with E-state index in [-0.39, 0.29) is 0 Å². The van der Waals surface area contributed by atoms with Crippen LogP contribution in [0.1, 0.15) is 49.7 Å². The van der Waals surface area contributed by atoms with Crippen LogP contribution in [-0.2, 0) is 6.42 Å². The summed E-state index contributed by atoms with van der Waals surface area (Å²) in [6.45, 7) is 2.48. The topological polar surface area (TPSA) is 9.23 Å². The van der Waals surface area contributed by atoms with Gasteiger partial charge in [-0.25, -0.2) is 0 Å². The molecular weight excluding hydrogens is 324 g/mol. The van der Waals surface area contributed by atoms with E-state index in [1.165, 1.54) is 42.1 Å². The number of fused-ring (bicyclic) bond motifs is 5. The van der Waals surface area contributed by atoms with Crippen LogP contribution in [0.2, 0.25) is 0 Å². The lowest BCUT2D eigenvalue weighted by Crippen LogP contribution is -2.39. The molecule has 112 valence electrons. The van der Waals surface area contributed by atoms with Gasteiger partial charge in [-0.2, -0.15) is 0 Å². The molecule has 0 N–H and O–H groups in total. The molecule has 0 unspecified atom stereocenters. The number of halogens is 1. The Labute approximate surface area is 135 Å². The average Bonchev–Trinajstić information content (AvgIpc) is 2.80. The van der Waals surface area contributed by atoms with Crippen molar-refractivity contribution in [2.24, 2.45) is 17.3 Å². The van der Waals surface area contributed by atoms with Gasteiger partial charge in [-0.05, 0) is 83.0 Å². The van der Waals surface area contributed by atoms with Gasteiger partial charge in [0.05, 0.1) is 7.11 Å². The molecule has 21 heavy (non-hydrogen) atoms. The van der Waals surface area contributed by atoms with Crippen LogP contribution in [0.5, 0.6) is 5.75 Å². The molecule has 0 spiro atoms. The highest BCUT2D eigenvalue weighted by atomic mass is 79.9. The summed E-state index contributed by atoms with van der Waals surface area (Å²) in [5.74, 6) is 3.47. The van der Waals surface area contributed by atoms with Gasteiger partial charge in [0.25, 0.3) is 0 Å². The van der Waals surface area contributed by atoms with Crippen molar-refractivity contribution in [2.75, 3.05) is 7.11 Å². The molecule has 1 aromatic carbocycles. The fourth-order valence-electron chi connectivity index (χ4n) is 5.22. The molecule has 0 aliphatic heterocycles. The number of methoxy groups -OCH3 is 1. The highest BCUT2D eigenvalue weighted by molar-refractivity contribution is 9.11. The Hall–Kier alpha value is -0.760. The Morgan fingerprint density at radius 2 is 2.14 bits per heavy atom. The fourth-order valence-corrected chi connectivity index (χ4v) is 6.10. The van der Waals surface area contributed by atoms with Crippen molar-refractivity contribution in [1.29, 1.82) is 0 Å². The van der Waals surface area contributed by atoms with E-state index in [9.17, 15) is 0 Å². The molecule has 3 aliphatic rings. The first kappa shape index (κ1) is 13.9. The van der Waals surface area contributed by atoms with E-state index in [0.29, 0.717) is 5.41 Å². The highest BCUT2D eigenvalue weighted by Crippen LogP contribution is 2.60. The van der Waals surface area contributed by atoms with Crippen LogP contribution in [0.25, 0.3) is 0 Å². The van der Waals surface area contributed by atoms with E-state index in [2.05, 4.69) is 47.1 Å². The second-order valence-electron chi connectivity index (χ2n) is 7.32. The summed E-state index contributed by atoms with van der Waals surface area (Å²) in [7, 11) is 1.77. The summed E-state index contributed by atoms with van der Waals surface area (Å²) >= 11 is 3.78. The van der Waals surface area contributed by atoms with E-state index < -0.39 is 0 Å². The Morgan fingerprint density at radius 1 is 1.29 bits per heavy atom. The third kappa shape index (κ3) is 2.10. The van der Waals surface area contributed by atoms with Crippen molar-refractivity contribution in [3.63, 3.8) is 0 Å². The van der Waals surface area contributed by atoms with Crippen molar-refractivity contribution in [1.82, 2.24) is 0 Å². The van der Waals surface area contributed by atoms with Gasteiger partial charge in [-0.15, -0.1) is 0 Å². The zero-order chi connectivity index (χ0) is 14.6. The van der Waals surface area contributed by atoms with E-state index in [1.807, 2.05) is 0 Å². The first-order chi connectivity index (χ1) is 10.1. The lowest BCUT2D eigenvalue weighted by atomic mass is 9.56. The number of hydrogen-bond acceptors (Lipinski definition) is 1. The molecule has 0 bridgehead atoms. The molecule has 1 saturated carbocycles. The van der Waals surface area contributed by atoms with Crippen molar-refractivity contribution >= 4 is 15.9 Å². The van der Waals surface area contributed by atoms with Crippen LogP contribution in [0, 0.1) is 17.3 Å². The largest absolute Gasteiger partial charge is 0.497 e. The van der Waals surface area contributed by atoms with E-state index >= 15 is 0 Å². The number of ether oxygens (including phenoxy) is 1. The fraction of sp³-hybridized carbons (Fsp3) is 0.579. The molecule has 1 fully saturated rings. The summed E-state index contributed by atoms with van der Waals surface area (Å²) in [5.41, 5.74) is 3.57. The molecule has 0 heterocycles. The second kappa shape index (κ2) is 4.87. The van der Waals surface area contributed by atoms with E-state index in [4.69, 9.17) is 4.74 Å². The SMILES string of the molecule is COc1ccc2c(c1)CC[C@@H]1[C@@H]2CC[C@]2(C)C=C(Br)C[C@@H]12. The number of allylic oxidation sites excluding steroid dienone is 2. The van der Waals surface area contributed by atoms with Gasteiger partial charge in [-0.3, -0.25) is 0 Å². The maximum atomic E-state index is 5.40. The molecule has 0 amide bonds. The third-order valence-corrected chi connectivity index (χ3v) is 6.83. The van der Waals surface area contributed by atoms with Crippen LogP contribution in [-0.4, -0.2) is 7.11 Å². The van der Waals surface area contributed by atoms with Gasteiger partial charge in [0.2, 0.25) is 0 Å². The van der Waals surface area contributed by atoms with Crippen LogP contribution >= 0.6 is 15.9 Å². The minimum atomic E-state index is 0.434. The molecule has 0 saturated heterocycles. The standard InChI is InChI=1S/C19H23BrO/c1-19-8-7-16-15-6-4-14(21-2)9-12(15)3-5-17(16)18(19)10-13(20)11-19/h4,6,9,11,16-18H,3,5,7-8,10H2,1-2H3/t16-,17-,18+,19-/m1/s1. The minimum absolute atomic E-state index is 0.434. The van der Waals surface area contributed by atoms with Crippen LogP contribution in [0.3, 0.4) is 0 Å². The number of hydrogen-bond donors (Lipinski definition) is 0. The molecule has 3 aliphatic carbocycles. The summed E-state index contributed by atoms with van der Waals surface area (Å²) in [5, 5.41) is 0. The number of rotatable bonds is 1. The Morgan fingerprint density at radius 3 is 2.95 bits per heavy atom. The Balaban J connectivity index is 1.69. The number of aryl methyl sites for hydroxylation is 1. The monoisotopic (exact) mass is 346 g/mol. The zero-order valence-electron chi connectivity index (χ0n) is 12.9. The molecule has 4 rings (SSSR count). The van der Waals surface area contributed by atoms with Crippen molar-refractivity contribution in [2.45, 2.75) is 44.9 Å². The van der Waals surface area contributed by atoms with Gasteiger partial charge >= 0.3 is 0 Å². The summed E-state index contributed by atoms with van der Waals surface area (Å²) in [4.78, 5) is 0. The first-order valence-electron chi connectivity index (χ1n) is 8.15. The van der Waals surface area contributed by atoms with Gasteiger partial charge in [0, 0.05) is 0 Å². The third-order valence-electron chi connectivity index (χ3n) is 6.27. The van der Waals surface area contributed by atoms with Crippen molar-refractivity contribution < 1.29 is 4.74 Å². The molecule has 1 aromatic rings. The maximum Gasteiger partial charge on any atom is 0.119 e. The lowest BCUT2D eigenvalue weighted by Gasteiger charge is -2.48. The summed E-state index contributed by atoms with van der Waals surface area (Å²) in [6, 6.07) is 6.76. The molecule has 0 aromatic heterocycles. The van der Waals surface area contributed by atoms with Crippen LogP contribution in [0.4, 0.5) is 0 Å². The summed E-state index contributed by atoms with van der Waals surface area (Å²) in [6.07, 6.45) is 9.00. The maximum absolute atomic E-state index is 5.40. The lowest BCUT2D eigenvalue weighted by molar-refractivity contribution is 0.0824. The molecule has 2 heteroatoms. The normalized spacial score (nSPS) is 37.3. The van der Waals surface area contributed by atoms with E-state index in [0.717, 1.165) is 23.5 Å². The van der Waals surface area contributed by atoms with Gasteiger partial charge in [-0.1, -0.05) is 35.0 Å². The van der Waals surface area contributed by atoms with Gasteiger partial charge in [0.1, 0.15) is 5.75 Å². The highest BCUT2D eigenvalue weighted by Gasteiger charge is 2.49. The molecular formula is C19H23BrO. The molecule has 4 atom stereocenters. The van der Waals surface area contributed by atoms with Crippen LogP contribution < -0.4 is 4.74 Å². The van der Waals surface area contributed by atoms with Crippen molar-refractivity contribution in [3.05, 3.63) is 39.9 Å². The summed E-state index contributed by atoms with van der Waals surface area (Å²) < 4.78 is 6.84. The molecule has 1 nitrogen and oxygen atoms in total. The molecule has 0 radical (unpaired) electrons. The van der Waals surface area contributed by atoms with Gasteiger partial charge < -0.3 is 4.74 Å². The van der Waals surface area contributed by atoms with Crippen LogP contribution in [0.15, 0.2) is 28.8 Å². The second-order valence-corrected chi connectivity index (χ2v) is 8.34. The van der Waals surface area contributed by atoms with Crippen molar-refractivity contribution in [3.8, 4) is 5.75 Å². The van der Waals surface area contributed by atoms with Gasteiger partial charge in [0.15, 0.2) is 0 Å². The Bertz CT molecular complexity index is 606. The minimum Gasteiger partial charge on any atom is -0.497 e. The Kier molecular flexibility index (Phi) is 3.22. The average molecular weight is 347 g/mol.